The van der Waals surface area contributed by atoms with Gasteiger partial charge in [0.25, 0.3) is 5.91 Å². The average molecular weight is 571 g/mol. The van der Waals surface area contributed by atoms with Crippen molar-refractivity contribution in [2.45, 2.75) is 90.5 Å². The number of hydrogen-bond donors (Lipinski definition) is 4. The van der Waals surface area contributed by atoms with Crippen LogP contribution >= 0.6 is 0 Å². The van der Waals surface area contributed by atoms with E-state index in [-0.39, 0.29) is 18.9 Å². The summed E-state index contributed by atoms with van der Waals surface area (Å²) >= 11 is 0. The zero-order valence-electron chi connectivity index (χ0n) is 25.3. The highest BCUT2D eigenvalue weighted by Gasteiger charge is 2.66. The number of amides is 3. The first kappa shape index (κ1) is 32.2. The number of hydrogen-bond acceptors (Lipinski definition) is 7. The molecule has 2 aliphatic rings. The number of benzene rings is 1. The Hall–Kier alpha value is -3.35. The van der Waals surface area contributed by atoms with Gasteiger partial charge in [0.05, 0.1) is 23.3 Å². The highest BCUT2D eigenvalue weighted by Crippen LogP contribution is 2.50. The van der Waals surface area contributed by atoms with E-state index in [0.717, 1.165) is 11.1 Å². The summed E-state index contributed by atoms with van der Waals surface area (Å²) in [4.78, 5) is 39.0. The molecule has 4 N–H and O–H groups in total. The first-order valence-electron chi connectivity index (χ1n) is 13.6. The minimum atomic E-state index is -1.87. The minimum absolute atomic E-state index is 0.0208. The second-order valence-corrected chi connectivity index (χ2v) is 12.6. The van der Waals surface area contributed by atoms with E-state index in [1.54, 1.807) is 39.0 Å². The van der Waals surface area contributed by atoms with E-state index in [9.17, 15) is 19.5 Å². The lowest BCUT2D eigenvalue weighted by molar-refractivity contribution is -0.132. The molecule has 1 aromatic rings. The van der Waals surface area contributed by atoms with Gasteiger partial charge in [0, 0.05) is 5.56 Å². The fourth-order valence-electron chi connectivity index (χ4n) is 4.67. The number of nitrogens with zero attached hydrogens (tertiary/aromatic N) is 1. The van der Waals surface area contributed by atoms with Crippen LogP contribution < -0.4 is 10.7 Å². The van der Waals surface area contributed by atoms with Crippen LogP contribution in [0.25, 0.3) is 0 Å². The Morgan fingerprint density at radius 3 is 2.12 bits per heavy atom. The molecule has 1 aliphatic carbocycles. The predicted molar refractivity (Wildman–Crippen MR) is 154 cm³/mol. The summed E-state index contributed by atoms with van der Waals surface area (Å²) in [7, 11) is -1.26. The number of allylic oxidation sites excluding steroid dienone is 2. The molecule has 2 unspecified atom stereocenters. The van der Waals surface area contributed by atoms with Gasteiger partial charge in [-0.3, -0.25) is 15.0 Å². The number of nitrogens with one attached hydrogen (secondary N) is 2. The average Bonchev–Trinajstić information content (AvgIpc) is 3.06. The lowest BCUT2D eigenvalue weighted by Gasteiger charge is -2.42. The van der Waals surface area contributed by atoms with Crippen molar-refractivity contribution in [3.63, 3.8) is 0 Å². The third kappa shape index (κ3) is 6.60. The number of rotatable bonds is 7. The number of ether oxygens (including phenoxy) is 1. The molecule has 224 valence electrons. The molecule has 1 aromatic carbocycles. The van der Waals surface area contributed by atoms with Crippen molar-refractivity contribution >= 4 is 25.0 Å². The summed E-state index contributed by atoms with van der Waals surface area (Å²) in [6, 6.07) is 5.45. The maximum absolute atomic E-state index is 14.4. The van der Waals surface area contributed by atoms with E-state index in [0.29, 0.717) is 5.56 Å². The Morgan fingerprint density at radius 1 is 1.05 bits per heavy atom. The second kappa shape index (κ2) is 11.5. The van der Waals surface area contributed by atoms with Crippen LogP contribution in [0.1, 0.15) is 70.0 Å². The highest BCUT2D eigenvalue weighted by molar-refractivity contribution is 6.57. The van der Waals surface area contributed by atoms with Gasteiger partial charge >= 0.3 is 13.2 Å². The van der Waals surface area contributed by atoms with Gasteiger partial charge < -0.3 is 29.6 Å². The summed E-state index contributed by atoms with van der Waals surface area (Å²) < 4.78 is 18.2. The minimum Gasteiger partial charge on any atom is -0.493 e. The topological polar surface area (TPSA) is 147 Å². The normalized spacial score (nSPS) is 23.0. The fourth-order valence-corrected chi connectivity index (χ4v) is 4.67. The second-order valence-electron chi connectivity index (χ2n) is 12.6. The third-order valence-electron chi connectivity index (χ3n) is 7.59. The molecule has 12 heteroatoms. The summed E-state index contributed by atoms with van der Waals surface area (Å²) in [6.07, 6.45) is 1.72. The van der Waals surface area contributed by atoms with Gasteiger partial charge in [0.2, 0.25) is 5.91 Å². The molecule has 2 atom stereocenters. The van der Waals surface area contributed by atoms with Crippen molar-refractivity contribution in [2.24, 2.45) is 0 Å². The van der Waals surface area contributed by atoms with E-state index < -0.39 is 53.2 Å². The van der Waals surface area contributed by atoms with E-state index in [4.69, 9.17) is 19.2 Å². The summed E-state index contributed by atoms with van der Waals surface area (Å²) in [6.45, 7) is 16.3. The molecule has 11 nitrogen and oxygen atoms in total. The Morgan fingerprint density at radius 2 is 1.61 bits per heavy atom. The van der Waals surface area contributed by atoms with E-state index >= 15 is 0 Å². The lowest BCUT2D eigenvalue weighted by Crippen LogP contribution is -2.62. The molecule has 0 aromatic heterocycles. The maximum Gasteiger partial charge on any atom is 0.481 e. The van der Waals surface area contributed by atoms with Gasteiger partial charge in [-0.2, -0.15) is 0 Å². The number of aliphatic hydroxyl groups is 1. The standard InChI is InChI=1S/C29H42BN3O8/c1-18-15-19(2)17-20(16-18)23(35)33(26(3,4)5)32-24(36)29(30-40-27(6,7)28(8,9)41-30)12-10-11-21(22(29)34)39-14-13-31-25(37)38/h10-12,15-17,22,31,34H,13-14H2,1-9H3,(H,32,36)(H,37,38). The Balaban J connectivity index is 2.02. The summed E-state index contributed by atoms with van der Waals surface area (Å²) in [5, 5.41) is 22.1. The van der Waals surface area contributed by atoms with Crippen LogP contribution in [0.5, 0.6) is 0 Å². The zero-order valence-corrected chi connectivity index (χ0v) is 25.3. The molecule has 3 rings (SSSR count). The van der Waals surface area contributed by atoms with Crippen molar-refractivity contribution in [3.8, 4) is 0 Å². The summed E-state index contributed by atoms with van der Waals surface area (Å²) in [5.41, 5.74) is 2.43. The van der Waals surface area contributed by atoms with Crippen molar-refractivity contribution in [1.82, 2.24) is 15.8 Å². The first-order valence-corrected chi connectivity index (χ1v) is 13.6. The largest absolute Gasteiger partial charge is 0.493 e. The zero-order chi connectivity index (χ0) is 31.0. The highest BCUT2D eigenvalue weighted by atomic mass is 16.7. The van der Waals surface area contributed by atoms with Crippen molar-refractivity contribution < 1.29 is 38.6 Å². The van der Waals surface area contributed by atoms with Crippen molar-refractivity contribution in [3.05, 3.63) is 58.9 Å². The molecule has 1 heterocycles. The van der Waals surface area contributed by atoms with Crippen molar-refractivity contribution in [2.75, 3.05) is 13.2 Å². The Bertz CT molecular complexity index is 1220. The number of carbonyl (C=O) groups excluding carboxylic acids is 2. The lowest BCUT2D eigenvalue weighted by atomic mass is 9.52. The van der Waals surface area contributed by atoms with Crippen LogP contribution in [0, 0.1) is 13.8 Å². The first-order chi connectivity index (χ1) is 18.8. The molecular weight excluding hydrogens is 529 g/mol. The van der Waals surface area contributed by atoms with Crippen LogP contribution in [-0.4, -0.2) is 76.2 Å². The number of carbonyl (C=O) groups is 3. The Labute approximate surface area is 242 Å². The molecule has 1 aliphatic heterocycles. The molecule has 0 spiro atoms. The molecule has 1 fully saturated rings. The van der Waals surface area contributed by atoms with Gasteiger partial charge in [0.15, 0.2) is 0 Å². The SMILES string of the molecule is Cc1cc(C)cc(C(=O)N(NC(=O)C2(B3OC(C)(C)C(C)(C)O3)C=CC=C(OCCNC(=O)O)C2O)C(C)(C)C)c1. The number of aryl methyl sites for hydroxylation is 2. The van der Waals surface area contributed by atoms with Gasteiger partial charge in [-0.25, -0.2) is 9.80 Å². The third-order valence-corrected chi connectivity index (χ3v) is 7.59. The maximum atomic E-state index is 14.4. The van der Waals surface area contributed by atoms with Gasteiger partial charge in [-0.05, 0) is 80.5 Å². The molecule has 41 heavy (non-hydrogen) atoms. The van der Waals surface area contributed by atoms with E-state index in [1.165, 1.54) is 17.2 Å². The van der Waals surface area contributed by atoms with Gasteiger partial charge in [0.1, 0.15) is 23.8 Å². The van der Waals surface area contributed by atoms with Crippen molar-refractivity contribution in [1.29, 1.82) is 0 Å². The number of aliphatic hydroxyl groups excluding tert-OH is 1. The van der Waals surface area contributed by atoms with Crippen LogP contribution in [0.3, 0.4) is 0 Å². The van der Waals surface area contributed by atoms with Crippen LogP contribution in [0.2, 0.25) is 5.31 Å². The molecule has 3 amide bonds. The van der Waals surface area contributed by atoms with Gasteiger partial charge in [-0.1, -0.05) is 29.3 Å². The van der Waals surface area contributed by atoms with Crippen LogP contribution in [-0.2, 0) is 18.8 Å². The molecule has 0 bridgehead atoms. The fraction of sp³-hybridized carbons (Fsp3) is 0.552. The molecule has 0 saturated carbocycles. The quantitative estimate of drug-likeness (QED) is 0.221. The van der Waals surface area contributed by atoms with Crippen LogP contribution in [0.15, 0.2) is 42.2 Å². The summed E-state index contributed by atoms with van der Waals surface area (Å²) in [5.74, 6) is -1.15. The molecule has 0 radical (unpaired) electrons. The molecule has 1 saturated heterocycles. The van der Waals surface area contributed by atoms with Crippen LogP contribution in [0.4, 0.5) is 4.79 Å². The monoisotopic (exact) mass is 571 g/mol. The van der Waals surface area contributed by atoms with E-state index in [1.807, 2.05) is 47.6 Å². The number of carboxylic acid groups (broad SMARTS) is 1. The predicted octanol–water partition coefficient (Wildman–Crippen LogP) is 3.51. The number of hydrazine groups is 1. The van der Waals surface area contributed by atoms with Gasteiger partial charge in [-0.15, -0.1) is 0 Å². The Kier molecular flexibility index (Phi) is 9.02. The smallest absolute Gasteiger partial charge is 0.481 e. The van der Waals surface area contributed by atoms with E-state index in [2.05, 4.69) is 10.7 Å². The molecular formula is C29H42BN3O8.